The molecule has 0 spiro atoms. The Bertz CT molecular complexity index is 755. The zero-order valence-electron chi connectivity index (χ0n) is 11.1. The highest BCUT2D eigenvalue weighted by molar-refractivity contribution is 9.10. The number of benzene rings is 1. The van der Waals surface area contributed by atoms with Crippen LogP contribution in [0.4, 0.5) is 0 Å². The van der Waals surface area contributed by atoms with Crippen molar-refractivity contribution in [2.75, 3.05) is 0 Å². The average molecular weight is 350 g/mol. The molecule has 1 heterocycles. The van der Waals surface area contributed by atoms with Crippen molar-refractivity contribution in [3.8, 4) is 0 Å². The molecule has 0 aliphatic rings. The van der Waals surface area contributed by atoms with Crippen LogP contribution in [0.5, 0.6) is 0 Å². The van der Waals surface area contributed by atoms with Crippen molar-refractivity contribution in [1.82, 2.24) is 15.8 Å². The van der Waals surface area contributed by atoms with Crippen molar-refractivity contribution < 1.29 is 9.59 Å². The van der Waals surface area contributed by atoms with Crippen molar-refractivity contribution in [1.29, 1.82) is 0 Å². The van der Waals surface area contributed by atoms with Crippen LogP contribution in [-0.4, -0.2) is 16.8 Å². The summed E-state index contributed by atoms with van der Waals surface area (Å²) in [5, 5.41) is 0. The first-order chi connectivity index (χ1) is 9.99. The lowest BCUT2D eigenvalue weighted by molar-refractivity contribution is 0.0845. The molecule has 2 aromatic rings. The van der Waals surface area contributed by atoms with E-state index in [1.165, 1.54) is 6.07 Å². The molecule has 108 valence electrons. The van der Waals surface area contributed by atoms with E-state index in [0.717, 1.165) is 0 Å². The first-order valence-corrected chi connectivity index (χ1v) is 6.83. The Balaban J connectivity index is 2.06. The van der Waals surface area contributed by atoms with Crippen LogP contribution in [0.25, 0.3) is 0 Å². The molecule has 2 amide bonds. The Hall–Kier alpha value is -2.41. The van der Waals surface area contributed by atoms with Gasteiger partial charge in [-0.05, 0) is 47.1 Å². The maximum atomic E-state index is 11.9. The summed E-state index contributed by atoms with van der Waals surface area (Å²) in [5.41, 5.74) is 4.89. The van der Waals surface area contributed by atoms with Crippen LogP contribution in [0.3, 0.4) is 0 Å². The zero-order valence-corrected chi connectivity index (χ0v) is 12.7. The van der Waals surface area contributed by atoms with Crippen LogP contribution >= 0.6 is 15.9 Å². The number of amides is 2. The highest BCUT2D eigenvalue weighted by Crippen LogP contribution is 2.15. The Labute approximate surface area is 128 Å². The smallest absolute Gasteiger partial charge is 0.275 e. The normalized spacial score (nSPS) is 10.0. The molecule has 0 radical (unpaired) electrons. The number of halogens is 1. The second-order valence-electron chi connectivity index (χ2n) is 4.27. The molecular weight excluding hydrogens is 338 g/mol. The standard InChI is InChI=1S/C14H12BrN3O3/c1-8-6-7-10(12(19)16-8)14(21)18-17-13(20)9-4-2-3-5-11(9)15/h2-7H,1H3,(H,16,19)(H,17,20)(H,18,21). The predicted octanol–water partition coefficient (Wildman–Crippen LogP) is 1.52. The Morgan fingerprint density at radius 3 is 2.24 bits per heavy atom. The molecule has 21 heavy (non-hydrogen) atoms. The van der Waals surface area contributed by atoms with Gasteiger partial charge in [0.1, 0.15) is 5.56 Å². The molecular formula is C14H12BrN3O3. The van der Waals surface area contributed by atoms with Gasteiger partial charge < -0.3 is 4.98 Å². The average Bonchev–Trinajstić information content (AvgIpc) is 2.45. The van der Waals surface area contributed by atoms with Gasteiger partial charge in [0.25, 0.3) is 17.4 Å². The minimum atomic E-state index is -0.684. The van der Waals surface area contributed by atoms with Gasteiger partial charge in [0.2, 0.25) is 0 Å². The van der Waals surface area contributed by atoms with Crippen LogP contribution in [0, 0.1) is 6.92 Å². The van der Waals surface area contributed by atoms with Crippen molar-refractivity contribution in [3.05, 3.63) is 68.0 Å². The minimum Gasteiger partial charge on any atom is -0.326 e. The molecule has 1 aromatic carbocycles. The summed E-state index contributed by atoms with van der Waals surface area (Å²) in [6.45, 7) is 1.71. The summed E-state index contributed by atoms with van der Waals surface area (Å²) in [7, 11) is 0. The number of aryl methyl sites for hydroxylation is 1. The predicted molar refractivity (Wildman–Crippen MR) is 80.9 cm³/mol. The van der Waals surface area contributed by atoms with E-state index in [9.17, 15) is 14.4 Å². The monoisotopic (exact) mass is 349 g/mol. The van der Waals surface area contributed by atoms with Crippen LogP contribution in [0.15, 0.2) is 45.7 Å². The molecule has 0 bridgehead atoms. The van der Waals surface area contributed by atoms with E-state index in [4.69, 9.17) is 0 Å². The third kappa shape index (κ3) is 3.57. The van der Waals surface area contributed by atoms with E-state index in [0.29, 0.717) is 15.7 Å². The lowest BCUT2D eigenvalue weighted by Crippen LogP contribution is -2.43. The third-order valence-corrected chi connectivity index (χ3v) is 3.40. The van der Waals surface area contributed by atoms with Crippen LogP contribution < -0.4 is 16.4 Å². The van der Waals surface area contributed by atoms with E-state index < -0.39 is 17.4 Å². The van der Waals surface area contributed by atoms with Crippen molar-refractivity contribution in [3.63, 3.8) is 0 Å². The second-order valence-corrected chi connectivity index (χ2v) is 5.13. The summed E-state index contributed by atoms with van der Waals surface area (Å²) in [6.07, 6.45) is 0. The lowest BCUT2D eigenvalue weighted by atomic mass is 10.2. The number of carbonyl (C=O) groups excluding carboxylic acids is 2. The molecule has 3 N–H and O–H groups in total. The Kier molecular flexibility index (Phi) is 4.54. The number of nitrogens with one attached hydrogen (secondary N) is 3. The molecule has 0 atom stereocenters. The van der Waals surface area contributed by atoms with Gasteiger partial charge in [0.15, 0.2) is 0 Å². The molecule has 0 unspecified atom stereocenters. The highest BCUT2D eigenvalue weighted by atomic mass is 79.9. The summed E-state index contributed by atoms with van der Waals surface area (Å²) >= 11 is 3.24. The number of aromatic amines is 1. The summed E-state index contributed by atoms with van der Waals surface area (Å²) in [5.74, 6) is -1.17. The van der Waals surface area contributed by atoms with Gasteiger partial charge in [0, 0.05) is 10.2 Å². The first kappa shape index (κ1) is 15.0. The van der Waals surface area contributed by atoms with Crippen LogP contribution in [-0.2, 0) is 0 Å². The fourth-order valence-corrected chi connectivity index (χ4v) is 2.11. The molecule has 0 aliphatic heterocycles. The minimum absolute atomic E-state index is 0.0759. The van der Waals surface area contributed by atoms with Gasteiger partial charge in [0.05, 0.1) is 5.56 Å². The van der Waals surface area contributed by atoms with E-state index in [1.807, 2.05) is 0 Å². The lowest BCUT2D eigenvalue weighted by Gasteiger charge is -2.08. The van der Waals surface area contributed by atoms with Crippen LogP contribution in [0.2, 0.25) is 0 Å². The number of pyridine rings is 1. The van der Waals surface area contributed by atoms with Gasteiger partial charge >= 0.3 is 0 Å². The quantitative estimate of drug-likeness (QED) is 0.718. The zero-order chi connectivity index (χ0) is 15.4. The van der Waals surface area contributed by atoms with E-state index >= 15 is 0 Å². The van der Waals surface area contributed by atoms with Crippen LogP contribution in [0.1, 0.15) is 26.4 Å². The summed E-state index contributed by atoms with van der Waals surface area (Å²) in [4.78, 5) is 37.9. The Morgan fingerprint density at radius 2 is 1.62 bits per heavy atom. The van der Waals surface area contributed by atoms with Gasteiger partial charge in [-0.25, -0.2) is 0 Å². The number of rotatable bonds is 2. The number of hydrogen-bond acceptors (Lipinski definition) is 3. The fraction of sp³-hybridized carbons (Fsp3) is 0.0714. The molecule has 0 fully saturated rings. The third-order valence-electron chi connectivity index (χ3n) is 2.71. The van der Waals surface area contributed by atoms with E-state index in [2.05, 4.69) is 31.8 Å². The van der Waals surface area contributed by atoms with Gasteiger partial charge in [-0.1, -0.05) is 12.1 Å². The van der Waals surface area contributed by atoms with Crippen molar-refractivity contribution in [2.45, 2.75) is 6.92 Å². The largest absolute Gasteiger partial charge is 0.326 e. The number of carbonyl (C=O) groups is 2. The highest BCUT2D eigenvalue weighted by Gasteiger charge is 2.13. The van der Waals surface area contributed by atoms with E-state index in [1.54, 1.807) is 37.3 Å². The molecule has 0 aliphatic carbocycles. The molecule has 0 saturated heterocycles. The topological polar surface area (TPSA) is 91.1 Å². The van der Waals surface area contributed by atoms with Crippen molar-refractivity contribution in [2.24, 2.45) is 0 Å². The molecule has 2 rings (SSSR count). The number of aromatic nitrogens is 1. The number of hydrogen-bond donors (Lipinski definition) is 3. The number of hydrazine groups is 1. The fourth-order valence-electron chi connectivity index (χ4n) is 1.64. The first-order valence-electron chi connectivity index (χ1n) is 6.04. The molecule has 1 aromatic heterocycles. The molecule has 6 nitrogen and oxygen atoms in total. The SMILES string of the molecule is Cc1ccc(C(=O)NNC(=O)c2ccccc2Br)c(=O)[nH]1. The maximum Gasteiger partial charge on any atom is 0.275 e. The van der Waals surface area contributed by atoms with Crippen molar-refractivity contribution >= 4 is 27.7 Å². The van der Waals surface area contributed by atoms with Gasteiger partial charge in [-0.2, -0.15) is 0 Å². The molecule has 0 saturated carbocycles. The Morgan fingerprint density at radius 1 is 1.00 bits per heavy atom. The van der Waals surface area contributed by atoms with Gasteiger partial charge in [-0.3, -0.25) is 25.2 Å². The molecule has 7 heteroatoms. The maximum absolute atomic E-state index is 11.9. The summed E-state index contributed by atoms with van der Waals surface area (Å²) in [6, 6.07) is 9.78. The second kappa shape index (κ2) is 6.36. The van der Waals surface area contributed by atoms with Gasteiger partial charge in [-0.15, -0.1) is 0 Å². The number of H-pyrrole nitrogens is 1. The van der Waals surface area contributed by atoms with E-state index in [-0.39, 0.29) is 5.56 Å². The summed E-state index contributed by atoms with van der Waals surface area (Å²) < 4.78 is 0.602.